The minimum absolute atomic E-state index is 0.00429. The molecule has 140 valence electrons. The van der Waals surface area contributed by atoms with E-state index in [4.69, 9.17) is 11.6 Å². The maximum Gasteiger partial charge on any atom is 0.257 e. The highest BCUT2D eigenvalue weighted by atomic mass is 35.5. The molecule has 2 heterocycles. The molecule has 0 spiro atoms. The Balaban J connectivity index is 1.67. The molecular formula is C19H19ClN4O3. The Labute approximate surface area is 161 Å². The average Bonchev–Trinajstić information content (AvgIpc) is 2.69. The van der Waals surface area contributed by atoms with Gasteiger partial charge in [0.05, 0.1) is 11.1 Å². The molecule has 0 unspecified atom stereocenters. The molecule has 2 aromatic rings. The second-order valence-corrected chi connectivity index (χ2v) is 6.66. The van der Waals surface area contributed by atoms with Crippen LogP contribution in [0.3, 0.4) is 0 Å². The van der Waals surface area contributed by atoms with E-state index in [0.717, 1.165) is 0 Å². The smallest absolute Gasteiger partial charge is 0.257 e. The molecule has 1 aliphatic heterocycles. The third kappa shape index (κ3) is 4.62. The van der Waals surface area contributed by atoms with Crippen molar-refractivity contribution in [3.8, 4) is 0 Å². The van der Waals surface area contributed by atoms with E-state index in [-0.39, 0.29) is 23.3 Å². The SMILES string of the molecule is CC(=O)N1CCN(C(=O)c2cncc(C(=O)Nc3ccc(Cl)cc3)c2)CC1. The Kier molecular flexibility index (Phi) is 5.71. The van der Waals surface area contributed by atoms with Gasteiger partial charge in [0.2, 0.25) is 5.91 Å². The number of nitrogens with zero attached hydrogens (tertiary/aromatic N) is 3. The van der Waals surface area contributed by atoms with Crippen molar-refractivity contribution >= 4 is 35.0 Å². The number of nitrogens with one attached hydrogen (secondary N) is 1. The predicted molar refractivity (Wildman–Crippen MR) is 102 cm³/mol. The molecule has 0 bridgehead atoms. The van der Waals surface area contributed by atoms with Crippen molar-refractivity contribution in [2.75, 3.05) is 31.5 Å². The van der Waals surface area contributed by atoms with Crippen molar-refractivity contribution < 1.29 is 14.4 Å². The maximum atomic E-state index is 12.7. The van der Waals surface area contributed by atoms with Crippen LogP contribution in [-0.2, 0) is 4.79 Å². The fraction of sp³-hybridized carbons (Fsp3) is 0.263. The molecule has 7 nitrogen and oxygen atoms in total. The number of hydrogen-bond donors (Lipinski definition) is 1. The highest BCUT2D eigenvalue weighted by molar-refractivity contribution is 6.30. The fourth-order valence-corrected chi connectivity index (χ4v) is 2.95. The van der Waals surface area contributed by atoms with Gasteiger partial charge in [0.15, 0.2) is 0 Å². The zero-order chi connectivity index (χ0) is 19.4. The summed E-state index contributed by atoms with van der Waals surface area (Å²) in [6.07, 6.45) is 2.86. The Morgan fingerprint density at radius 3 is 2.19 bits per heavy atom. The Morgan fingerprint density at radius 1 is 0.963 bits per heavy atom. The number of piperazine rings is 1. The summed E-state index contributed by atoms with van der Waals surface area (Å²) in [6.45, 7) is 3.44. The van der Waals surface area contributed by atoms with Crippen molar-refractivity contribution in [1.82, 2.24) is 14.8 Å². The summed E-state index contributed by atoms with van der Waals surface area (Å²) in [6, 6.07) is 8.26. The molecule has 0 aliphatic carbocycles. The summed E-state index contributed by atoms with van der Waals surface area (Å²) in [5, 5.41) is 3.32. The lowest BCUT2D eigenvalue weighted by Crippen LogP contribution is -2.50. The standard InChI is InChI=1S/C19H19ClN4O3/c1-13(25)23-6-8-24(9-7-23)19(27)15-10-14(11-21-12-15)18(26)22-17-4-2-16(20)3-5-17/h2-5,10-12H,6-9H2,1H3,(H,22,26). The molecular weight excluding hydrogens is 368 g/mol. The van der Waals surface area contributed by atoms with Gasteiger partial charge in [-0.25, -0.2) is 0 Å². The Bertz CT molecular complexity index is 862. The van der Waals surface area contributed by atoms with Gasteiger partial charge in [0.1, 0.15) is 0 Å². The summed E-state index contributed by atoms with van der Waals surface area (Å²) >= 11 is 5.83. The van der Waals surface area contributed by atoms with E-state index in [1.54, 1.807) is 34.1 Å². The summed E-state index contributed by atoms with van der Waals surface area (Å²) < 4.78 is 0. The lowest BCUT2D eigenvalue weighted by Gasteiger charge is -2.34. The average molecular weight is 387 g/mol. The molecule has 1 aromatic carbocycles. The fourth-order valence-electron chi connectivity index (χ4n) is 2.82. The van der Waals surface area contributed by atoms with Gasteiger partial charge in [0, 0.05) is 56.2 Å². The second-order valence-electron chi connectivity index (χ2n) is 6.22. The van der Waals surface area contributed by atoms with Crippen molar-refractivity contribution in [2.45, 2.75) is 6.92 Å². The third-order valence-corrected chi connectivity index (χ3v) is 4.61. The third-order valence-electron chi connectivity index (χ3n) is 4.36. The molecule has 1 aliphatic rings. The molecule has 1 fully saturated rings. The number of aromatic nitrogens is 1. The van der Waals surface area contributed by atoms with Crippen LogP contribution in [-0.4, -0.2) is 58.7 Å². The Hall–Kier alpha value is -2.93. The first-order valence-corrected chi connectivity index (χ1v) is 8.88. The normalized spacial score (nSPS) is 14.0. The first-order chi connectivity index (χ1) is 12.9. The van der Waals surface area contributed by atoms with Gasteiger partial charge in [0.25, 0.3) is 11.8 Å². The van der Waals surface area contributed by atoms with Crippen molar-refractivity contribution in [1.29, 1.82) is 0 Å². The van der Waals surface area contributed by atoms with Crippen molar-refractivity contribution in [3.63, 3.8) is 0 Å². The largest absolute Gasteiger partial charge is 0.339 e. The lowest BCUT2D eigenvalue weighted by molar-refractivity contribution is -0.130. The molecule has 3 rings (SSSR count). The van der Waals surface area contributed by atoms with Crippen LogP contribution in [0, 0.1) is 0 Å². The highest BCUT2D eigenvalue weighted by Crippen LogP contribution is 2.15. The monoisotopic (exact) mass is 386 g/mol. The van der Waals surface area contributed by atoms with Crippen molar-refractivity contribution in [3.05, 3.63) is 58.9 Å². The molecule has 0 radical (unpaired) electrons. The van der Waals surface area contributed by atoms with Crippen LogP contribution in [0.4, 0.5) is 5.69 Å². The first kappa shape index (κ1) is 18.8. The number of amides is 3. The zero-order valence-corrected chi connectivity index (χ0v) is 15.6. The number of pyridine rings is 1. The molecule has 0 atom stereocenters. The predicted octanol–water partition coefficient (Wildman–Crippen LogP) is 2.29. The quantitative estimate of drug-likeness (QED) is 0.877. The van der Waals surface area contributed by atoms with Crippen LogP contribution in [0.25, 0.3) is 0 Å². The van der Waals surface area contributed by atoms with Crippen LogP contribution in [0.15, 0.2) is 42.7 Å². The van der Waals surface area contributed by atoms with Gasteiger partial charge in [-0.05, 0) is 30.3 Å². The minimum atomic E-state index is -0.360. The van der Waals surface area contributed by atoms with E-state index < -0.39 is 0 Å². The van der Waals surface area contributed by atoms with Gasteiger partial charge in [-0.1, -0.05) is 11.6 Å². The molecule has 1 aromatic heterocycles. The van der Waals surface area contributed by atoms with Gasteiger partial charge in [-0.2, -0.15) is 0 Å². The second kappa shape index (κ2) is 8.18. The number of halogens is 1. The van der Waals surface area contributed by atoms with Gasteiger partial charge in [-0.3, -0.25) is 19.4 Å². The van der Waals surface area contributed by atoms with E-state index in [2.05, 4.69) is 10.3 Å². The first-order valence-electron chi connectivity index (χ1n) is 8.51. The summed E-state index contributed by atoms with van der Waals surface area (Å²) in [7, 11) is 0. The van der Waals surface area contributed by atoms with E-state index in [1.807, 2.05) is 0 Å². The molecule has 3 amide bonds. The van der Waals surface area contributed by atoms with Crippen LogP contribution in [0.5, 0.6) is 0 Å². The van der Waals surface area contributed by atoms with Crippen LogP contribution >= 0.6 is 11.6 Å². The van der Waals surface area contributed by atoms with E-state index >= 15 is 0 Å². The van der Waals surface area contributed by atoms with Gasteiger partial charge in [-0.15, -0.1) is 0 Å². The summed E-state index contributed by atoms with van der Waals surface area (Å²) in [4.78, 5) is 43.9. The van der Waals surface area contributed by atoms with E-state index in [1.165, 1.54) is 25.4 Å². The summed E-state index contributed by atoms with van der Waals surface area (Å²) in [5.41, 5.74) is 1.23. The number of hydrogen-bond acceptors (Lipinski definition) is 4. The van der Waals surface area contributed by atoms with Crippen molar-refractivity contribution in [2.24, 2.45) is 0 Å². The molecule has 8 heteroatoms. The number of carbonyl (C=O) groups excluding carboxylic acids is 3. The van der Waals surface area contributed by atoms with E-state index in [0.29, 0.717) is 42.5 Å². The number of rotatable bonds is 3. The molecule has 1 saturated heterocycles. The van der Waals surface area contributed by atoms with E-state index in [9.17, 15) is 14.4 Å². The Morgan fingerprint density at radius 2 is 1.56 bits per heavy atom. The molecule has 0 saturated carbocycles. The number of benzene rings is 1. The van der Waals surface area contributed by atoms with Gasteiger partial charge >= 0.3 is 0 Å². The number of carbonyl (C=O) groups is 3. The topological polar surface area (TPSA) is 82.6 Å². The highest BCUT2D eigenvalue weighted by Gasteiger charge is 2.24. The lowest BCUT2D eigenvalue weighted by atomic mass is 10.1. The van der Waals surface area contributed by atoms with Gasteiger partial charge < -0.3 is 15.1 Å². The summed E-state index contributed by atoms with van der Waals surface area (Å²) in [5.74, 6) is -0.558. The maximum absolute atomic E-state index is 12.7. The number of anilines is 1. The molecule has 27 heavy (non-hydrogen) atoms. The van der Waals surface area contributed by atoms with Crippen LogP contribution in [0.2, 0.25) is 5.02 Å². The zero-order valence-electron chi connectivity index (χ0n) is 14.8. The molecule has 1 N–H and O–H groups in total. The van der Waals surface area contributed by atoms with Crippen LogP contribution in [0.1, 0.15) is 27.6 Å². The minimum Gasteiger partial charge on any atom is -0.339 e. The van der Waals surface area contributed by atoms with Crippen LogP contribution < -0.4 is 5.32 Å².